The van der Waals surface area contributed by atoms with Gasteiger partial charge in [-0.25, -0.2) is 0 Å². The Morgan fingerprint density at radius 3 is 2.84 bits per heavy atom. The number of hydrogen-bond donors (Lipinski definition) is 1. The van der Waals surface area contributed by atoms with Crippen molar-refractivity contribution in [3.05, 3.63) is 32.8 Å². The molecule has 102 valence electrons. The Balaban J connectivity index is 1.66. The first-order valence-electron chi connectivity index (χ1n) is 6.58. The SMILES string of the molecule is O=[N+]([O-])c1cc(NC2CCN(C3CC3)C2)ccc1Br. The fraction of sp³-hybridized carbons (Fsp3) is 0.538. The summed E-state index contributed by atoms with van der Waals surface area (Å²) in [5.41, 5.74) is 0.944. The zero-order valence-corrected chi connectivity index (χ0v) is 12.1. The fourth-order valence-electron chi connectivity index (χ4n) is 2.65. The van der Waals surface area contributed by atoms with E-state index >= 15 is 0 Å². The summed E-state index contributed by atoms with van der Waals surface area (Å²) >= 11 is 3.20. The summed E-state index contributed by atoms with van der Waals surface area (Å²) < 4.78 is 0.522. The highest BCUT2D eigenvalue weighted by atomic mass is 79.9. The first-order valence-corrected chi connectivity index (χ1v) is 7.37. The second kappa shape index (κ2) is 5.09. The Hall–Kier alpha value is -1.14. The number of halogens is 1. The van der Waals surface area contributed by atoms with Gasteiger partial charge in [0.05, 0.1) is 9.40 Å². The minimum absolute atomic E-state index is 0.113. The maximum Gasteiger partial charge on any atom is 0.285 e. The maximum atomic E-state index is 10.9. The van der Waals surface area contributed by atoms with E-state index in [0.29, 0.717) is 10.5 Å². The highest BCUT2D eigenvalue weighted by Crippen LogP contribution is 2.32. The molecule has 0 spiro atoms. The van der Waals surface area contributed by atoms with E-state index < -0.39 is 0 Å². The van der Waals surface area contributed by atoms with Crippen LogP contribution in [0.15, 0.2) is 22.7 Å². The van der Waals surface area contributed by atoms with Crippen LogP contribution in [0.1, 0.15) is 19.3 Å². The Kier molecular flexibility index (Phi) is 3.45. The molecule has 1 aromatic carbocycles. The monoisotopic (exact) mass is 325 g/mol. The molecule has 1 N–H and O–H groups in total. The number of nitrogens with zero attached hydrogens (tertiary/aromatic N) is 2. The lowest BCUT2D eigenvalue weighted by molar-refractivity contribution is -0.385. The lowest BCUT2D eigenvalue weighted by Gasteiger charge is -2.16. The quantitative estimate of drug-likeness (QED) is 0.683. The van der Waals surface area contributed by atoms with E-state index in [1.807, 2.05) is 6.07 Å². The molecule has 0 radical (unpaired) electrons. The normalized spacial score (nSPS) is 23.5. The molecule has 1 aliphatic carbocycles. The standard InChI is InChI=1S/C13H16BrN3O2/c14-12-4-1-9(7-13(12)17(18)19)15-10-5-6-16(8-10)11-2-3-11/h1,4,7,10-11,15H,2-3,5-6,8H2. The third-order valence-electron chi connectivity index (χ3n) is 3.80. The van der Waals surface area contributed by atoms with Gasteiger partial charge in [0, 0.05) is 36.9 Å². The number of nitro benzene ring substituents is 1. The number of benzene rings is 1. The maximum absolute atomic E-state index is 10.9. The van der Waals surface area contributed by atoms with Crippen molar-refractivity contribution in [2.24, 2.45) is 0 Å². The Morgan fingerprint density at radius 1 is 1.37 bits per heavy atom. The van der Waals surface area contributed by atoms with E-state index in [1.54, 1.807) is 12.1 Å². The molecule has 1 saturated carbocycles. The first-order chi connectivity index (χ1) is 9.13. The van der Waals surface area contributed by atoms with Gasteiger partial charge in [0.15, 0.2) is 0 Å². The van der Waals surface area contributed by atoms with Crippen molar-refractivity contribution < 1.29 is 4.92 Å². The Morgan fingerprint density at radius 2 is 2.16 bits per heavy atom. The molecule has 1 heterocycles. The molecule has 6 heteroatoms. The molecule has 1 aliphatic heterocycles. The molecule has 19 heavy (non-hydrogen) atoms. The highest BCUT2D eigenvalue weighted by Gasteiger charge is 2.34. The summed E-state index contributed by atoms with van der Waals surface area (Å²) in [5.74, 6) is 0. The van der Waals surface area contributed by atoms with Gasteiger partial charge in [-0.1, -0.05) is 0 Å². The predicted octanol–water partition coefficient (Wildman–Crippen LogP) is 3.01. The second-order valence-corrected chi connectivity index (χ2v) is 6.13. The van der Waals surface area contributed by atoms with E-state index in [-0.39, 0.29) is 10.6 Å². The molecule has 3 rings (SSSR count). The molecular weight excluding hydrogens is 310 g/mol. The van der Waals surface area contributed by atoms with Crippen molar-refractivity contribution in [1.29, 1.82) is 0 Å². The van der Waals surface area contributed by atoms with Crippen LogP contribution < -0.4 is 5.32 Å². The third kappa shape index (κ3) is 2.90. The van der Waals surface area contributed by atoms with Crippen molar-refractivity contribution in [2.45, 2.75) is 31.3 Å². The molecule has 0 aromatic heterocycles. The minimum Gasteiger partial charge on any atom is -0.381 e. The molecular formula is C13H16BrN3O2. The molecule has 1 aromatic rings. The fourth-order valence-corrected chi connectivity index (χ4v) is 3.05. The van der Waals surface area contributed by atoms with Gasteiger partial charge < -0.3 is 5.32 Å². The van der Waals surface area contributed by atoms with Gasteiger partial charge in [-0.15, -0.1) is 0 Å². The van der Waals surface area contributed by atoms with Crippen LogP contribution in [0.5, 0.6) is 0 Å². The number of nitrogens with one attached hydrogen (secondary N) is 1. The molecule has 1 unspecified atom stereocenters. The summed E-state index contributed by atoms with van der Waals surface area (Å²) in [4.78, 5) is 13.1. The zero-order valence-electron chi connectivity index (χ0n) is 10.5. The van der Waals surface area contributed by atoms with E-state index in [2.05, 4.69) is 26.1 Å². The molecule has 1 atom stereocenters. The highest BCUT2D eigenvalue weighted by molar-refractivity contribution is 9.10. The van der Waals surface area contributed by atoms with Crippen molar-refractivity contribution in [3.8, 4) is 0 Å². The molecule has 1 saturated heterocycles. The van der Waals surface area contributed by atoms with Crippen LogP contribution in [0.3, 0.4) is 0 Å². The topological polar surface area (TPSA) is 58.4 Å². The van der Waals surface area contributed by atoms with Crippen molar-refractivity contribution in [3.63, 3.8) is 0 Å². The summed E-state index contributed by atoms with van der Waals surface area (Å²) in [6, 6.07) is 6.42. The van der Waals surface area contributed by atoms with E-state index in [1.165, 1.54) is 12.8 Å². The average molecular weight is 326 g/mol. The van der Waals surface area contributed by atoms with Crippen LogP contribution >= 0.6 is 15.9 Å². The number of anilines is 1. The van der Waals surface area contributed by atoms with Gasteiger partial charge in [0.25, 0.3) is 5.69 Å². The molecule has 2 fully saturated rings. The Labute approximate surface area is 120 Å². The van der Waals surface area contributed by atoms with Gasteiger partial charge >= 0.3 is 0 Å². The van der Waals surface area contributed by atoms with E-state index in [9.17, 15) is 10.1 Å². The van der Waals surface area contributed by atoms with Crippen LogP contribution in [0.4, 0.5) is 11.4 Å². The van der Waals surface area contributed by atoms with Gasteiger partial charge in [0.1, 0.15) is 0 Å². The van der Waals surface area contributed by atoms with Crippen molar-refractivity contribution >= 4 is 27.3 Å². The van der Waals surface area contributed by atoms with Crippen LogP contribution in [0.2, 0.25) is 0 Å². The smallest absolute Gasteiger partial charge is 0.285 e. The van der Waals surface area contributed by atoms with Crippen LogP contribution in [0, 0.1) is 10.1 Å². The minimum atomic E-state index is -0.361. The Bertz CT molecular complexity index is 505. The van der Waals surface area contributed by atoms with Gasteiger partial charge in [-0.3, -0.25) is 15.0 Å². The zero-order chi connectivity index (χ0) is 13.4. The summed E-state index contributed by atoms with van der Waals surface area (Å²) in [7, 11) is 0. The van der Waals surface area contributed by atoms with Gasteiger partial charge in [0.2, 0.25) is 0 Å². The third-order valence-corrected chi connectivity index (χ3v) is 4.47. The summed E-state index contributed by atoms with van der Waals surface area (Å²) in [5, 5.41) is 14.3. The van der Waals surface area contributed by atoms with Crippen LogP contribution in [-0.2, 0) is 0 Å². The predicted molar refractivity (Wildman–Crippen MR) is 77.4 cm³/mol. The summed E-state index contributed by atoms with van der Waals surface area (Å²) in [6.07, 6.45) is 3.77. The average Bonchev–Trinajstić information content (AvgIpc) is 3.12. The van der Waals surface area contributed by atoms with Crippen LogP contribution in [0.25, 0.3) is 0 Å². The summed E-state index contributed by atoms with van der Waals surface area (Å²) in [6.45, 7) is 2.19. The van der Waals surface area contributed by atoms with Crippen molar-refractivity contribution in [1.82, 2.24) is 4.90 Å². The van der Waals surface area contributed by atoms with E-state index in [4.69, 9.17) is 0 Å². The van der Waals surface area contributed by atoms with Crippen LogP contribution in [-0.4, -0.2) is 35.0 Å². The van der Waals surface area contributed by atoms with Crippen molar-refractivity contribution in [2.75, 3.05) is 18.4 Å². The van der Waals surface area contributed by atoms with Gasteiger partial charge in [-0.2, -0.15) is 0 Å². The molecule has 5 nitrogen and oxygen atoms in total. The largest absolute Gasteiger partial charge is 0.381 e. The van der Waals surface area contributed by atoms with Gasteiger partial charge in [-0.05, 0) is 47.3 Å². The second-order valence-electron chi connectivity index (χ2n) is 5.28. The first kappa shape index (κ1) is 12.9. The number of nitro groups is 1. The van der Waals surface area contributed by atoms with E-state index in [0.717, 1.165) is 31.2 Å². The molecule has 2 aliphatic rings. The molecule has 0 amide bonds. The number of hydrogen-bond acceptors (Lipinski definition) is 4. The number of rotatable bonds is 4. The lowest BCUT2D eigenvalue weighted by atomic mass is 10.2. The lowest BCUT2D eigenvalue weighted by Crippen LogP contribution is -2.27. The number of likely N-dealkylation sites (tertiary alicyclic amines) is 1. The molecule has 0 bridgehead atoms.